The van der Waals surface area contributed by atoms with E-state index in [0.29, 0.717) is 23.5 Å². The summed E-state index contributed by atoms with van der Waals surface area (Å²) in [7, 11) is -3.87. The van der Waals surface area contributed by atoms with Crippen molar-refractivity contribution in [3.05, 3.63) is 95.8 Å². The average Bonchev–Trinajstić information content (AvgIpc) is 2.75. The van der Waals surface area contributed by atoms with E-state index in [1.165, 1.54) is 12.1 Å². The van der Waals surface area contributed by atoms with Gasteiger partial charge in [0.25, 0.3) is 5.91 Å². The molecular weight excluding hydrogens is 405 g/mol. The van der Waals surface area contributed by atoms with Gasteiger partial charge in [-0.1, -0.05) is 36.4 Å². The van der Waals surface area contributed by atoms with Crippen LogP contribution in [0.15, 0.2) is 83.8 Å². The first kappa shape index (κ1) is 21.5. The molecule has 7 heteroatoms. The average molecular weight is 427 g/mol. The Kier molecular flexibility index (Phi) is 6.84. The summed E-state index contributed by atoms with van der Waals surface area (Å²) in [6.45, 7) is 2.18. The van der Waals surface area contributed by atoms with E-state index >= 15 is 0 Å². The van der Waals surface area contributed by atoms with Crippen LogP contribution in [0.2, 0.25) is 0 Å². The van der Waals surface area contributed by atoms with Crippen molar-refractivity contribution in [1.82, 2.24) is 5.32 Å². The van der Waals surface area contributed by atoms with Gasteiger partial charge in [-0.2, -0.15) is 0 Å². The Hall–Kier alpha value is -3.19. The van der Waals surface area contributed by atoms with Crippen LogP contribution in [-0.4, -0.2) is 27.5 Å². The van der Waals surface area contributed by atoms with E-state index in [-0.39, 0.29) is 11.4 Å². The van der Waals surface area contributed by atoms with Crippen LogP contribution >= 0.6 is 0 Å². The van der Waals surface area contributed by atoms with Gasteiger partial charge >= 0.3 is 0 Å². The summed E-state index contributed by atoms with van der Waals surface area (Å²) in [6.07, 6.45) is 0. The van der Waals surface area contributed by atoms with E-state index < -0.39 is 26.8 Å². The van der Waals surface area contributed by atoms with Crippen molar-refractivity contribution in [2.45, 2.75) is 17.1 Å². The minimum Gasteiger partial charge on any atom is -0.494 e. The monoisotopic (exact) mass is 427 g/mol. The zero-order chi connectivity index (χ0) is 21.6. The number of ether oxygens (including phenoxy) is 1. The first-order valence-electron chi connectivity index (χ1n) is 9.47. The molecule has 0 radical (unpaired) electrons. The maximum Gasteiger partial charge on any atom is 0.251 e. The molecule has 5 nitrogen and oxygen atoms in total. The molecule has 0 saturated heterocycles. The molecular formula is C23H22FNO4S. The van der Waals surface area contributed by atoms with Crippen LogP contribution in [0, 0.1) is 5.82 Å². The normalized spacial score (nSPS) is 12.2. The van der Waals surface area contributed by atoms with Gasteiger partial charge in [0.1, 0.15) is 16.8 Å². The van der Waals surface area contributed by atoms with Crippen LogP contribution < -0.4 is 10.1 Å². The predicted molar refractivity (Wildman–Crippen MR) is 113 cm³/mol. The van der Waals surface area contributed by atoms with Crippen LogP contribution in [0.4, 0.5) is 4.39 Å². The number of halogens is 1. The first-order chi connectivity index (χ1) is 14.4. The molecule has 1 atom stereocenters. The number of hydrogen-bond acceptors (Lipinski definition) is 4. The maximum absolute atomic E-state index is 13.3. The van der Waals surface area contributed by atoms with Crippen LogP contribution in [0.1, 0.15) is 28.1 Å². The van der Waals surface area contributed by atoms with Gasteiger partial charge in [0.15, 0.2) is 9.84 Å². The molecule has 1 N–H and O–H groups in total. The number of nitrogens with one attached hydrogen (secondary N) is 1. The zero-order valence-corrected chi connectivity index (χ0v) is 17.2. The highest BCUT2D eigenvalue weighted by atomic mass is 32.2. The molecule has 3 aromatic carbocycles. The summed E-state index contributed by atoms with van der Waals surface area (Å²) in [5, 5.41) is 1.68. The molecule has 0 aliphatic carbocycles. The Morgan fingerprint density at radius 2 is 1.70 bits per heavy atom. The van der Waals surface area contributed by atoms with Crippen LogP contribution in [0.5, 0.6) is 5.75 Å². The van der Waals surface area contributed by atoms with E-state index in [1.807, 2.05) is 6.92 Å². The van der Waals surface area contributed by atoms with E-state index in [1.54, 1.807) is 54.6 Å². The highest BCUT2D eigenvalue weighted by molar-refractivity contribution is 7.91. The van der Waals surface area contributed by atoms with Crippen molar-refractivity contribution >= 4 is 15.7 Å². The number of rotatable bonds is 8. The van der Waals surface area contributed by atoms with Gasteiger partial charge in [-0.3, -0.25) is 4.79 Å². The predicted octanol–water partition coefficient (Wildman–Crippen LogP) is 4.17. The second-order valence-electron chi connectivity index (χ2n) is 6.57. The number of carbonyl (C=O) groups excluding carboxylic acids is 1. The molecule has 0 aromatic heterocycles. The van der Waals surface area contributed by atoms with Crippen molar-refractivity contribution in [3.8, 4) is 5.75 Å². The van der Waals surface area contributed by atoms with Gasteiger partial charge in [0.2, 0.25) is 0 Å². The van der Waals surface area contributed by atoms with Crippen LogP contribution in [0.25, 0.3) is 0 Å². The molecule has 0 aliphatic rings. The third-order valence-electron chi connectivity index (χ3n) is 4.54. The Bertz CT molecular complexity index is 1100. The van der Waals surface area contributed by atoms with E-state index in [2.05, 4.69) is 5.32 Å². The molecule has 0 heterocycles. The smallest absolute Gasteiger partial charge is 0.251 e. The Balaban J connectivity index is 1.86. The SMILES string of the molecule is CCOc1cccc(C(=O)NCC(c2ccccc2)S(=O)(=O)c2ccc(F)cc2)c1. The number of carbonyl (C=O) groups is 1. The lowest BCUT2D eigenvalue weighted by molar-refractivity contribution is 0.0953. The second kappa shape index (κ2) is 9.54. The highest BCUT2D eigenvalue weighted by Crippen LogP contribution is 2.28. The van der Waals surface area contributed by atoms with Gasteiger partial charge in [0, 0.05) is 12.1 Å². The fourth-order valence-corrected chi connectivity index (χ4v) is 4.71. The largest absolute Gasteiger partial charge is 0.494 e. The summed E-state index contributed by atoms with van der Waals surface area (Å²) in [5.74, 6) is -0.372. The molecule has 0 bridgehead atoms. The fourth-order valence-electron chi connectivity index (χ4n) is 3.04. The third-order valence-corrected chi connectivity index (χ3v) is 6.66. The molecule has 0 aliphatic heterocycles. The van der Waals surface area contributed by atoms with Crippen LogP contribution in [0.3, 0.4) is 0 Å². The van der Waals surface area contributed by atoms with Crippen molar-refractivity contribution in [2.24, 2.45) is 0 Å². The molecule has 156 valence electrons. The standard InChI is InChI=1S/C23H22FNO4S/c1-2-29-20-10-6-9-18(15-20)23(26)25-16-22(17-7-4-3-5-8-17)30(27,28)21-13-11-19(24)12-14-21/h3-15,22H,2,16H2,1H3,(H,25,26). The van der Waals surface area contributed by atoms with E-state index in [0.717, 1.165) is 12.1 Å². The summed E-state index contributed by atoms with van der Waals surface area (Å²) < 4.78 is 45.2. The van der Waals surface area contributed by atoms with Crippen molar-refractivity contribution < 1.29 is 22.3 Å². The molecule has 0 spiro atoms. The molecule has 3 aromatic rings. The summed E-state index contributed by atoms with van der Waals surface area (Å²) in [4.78, 5) is 12.6. The molecule has 3 rings (SSSR count). The minimum atomic E-state index is -3.87. The Morgan fingerprint density at radius 1 is 1.00 bits per heavy atom. The summed E-state index contributed by atoms with van der Waals surface area (Å²) in [5.41, 5.74) is 0.900. The summed E-state index contributed by atoms with van der Waals surface area (Å²) in [6, 6.07) is 20.0. The van der Waals surface area contributed by atoms with Crippen molar-refractivity contribution in [1.29, 1.82) is 0 Å². The maximum atomic E-state index is 13.3. The van der Waals surface area contributed by atoms with Gasteiger partial charge < -0.3 is 10.1 Å². The third kappa shape index (κ3) is 5.04. The quantitative estimate of drug-likeness (QED) is 0.548. The lowest BCUT2D eigenvalue weighted by atomic mass is 10.1. The number of hydrogen-bond donors (Lipinski definition) is 1. The van der Waals surface area contributed by atoms with Gasteiger partial charge in [-0.05, 0) is 55.0 Å². The lowest BCUT2D eigenvalue weighted by Gasteiger charge is -2.19. The second-order valence-corrected chi connectivity index (χ2v) is 8.70. The number of sulfone groups is 1. The Morgan fingerprint density at radius 3 is 2.37 bits per heavy atom. The summed E-state index contributed by atoms with van der Waals surface area (Å²) >= 11 is 0. The topological polar surface area (TPSA) is 72.5 Å². The highest BCUT2D eigenvalue weighted by Gasteiger charge is 2.29. The van der Waals surface area contributed by atoms with Gasteiger partial charge in [-0.25, -0.2) is 12.8 Å². The number of benzene rings is 3. The van der Waals surface area contributed by atoms with Crippen molar-refractivity contribution in [3.63, 3.8) is 0 Å². The van der Waals surface area contributed by atoms with E-state index in [4.69, 9.17) is 4.74 Å². The minimum absolute atomic E-state index is 0.00894. The first-order valence-corrected chi connectivity index (χ1v) is 11.0. The molecule has 0 fully saturated rings. The van der Waals surface area contributed by atoms with Gasteiger partial charge in [-0.15, -0.1) is 0 Å². The number of amides is 1. The Labute approximate surface area is 175 Å². The lowest BCUT2D eigenvalue weighted by Crippen LogP contribution is -2.32. The molecule has 30 heavy (non-hydrogen) atoms. The van der Waals surface area contributed by atoms with Gasteiger partial charge in [0.05, 0.1) is 11.5 Å². The van der Waals surface area contributed by atoms with Crippen LogP contribution in [-0.2, 0) is 9.84 Å². The van der Waals surface area contributed by atoms with Crippen molar-refractivity contribution in [2.75, 3.05) is 13.2 Å². The molecule has 0 saturated carbocycles. The fraction of sp³-hybridized carbons (Fsp3) is 0.174. The van der Waals surface area contributed by atoms with E-state index in [9.17, 15) is 17.6 Å². The molecule has 1 unspecified atom stereocenters. The molecule has 1 amide bonds. The zero-order valence-electron chi connectivity index (χ0n) is 16.4.